The van der Waals surface area contributed by atoms with Gasteiger partial charge >= 0.3 is 0 Å². The summed E-state index contributed by atoms with van der Waals surface area (Å²) in [6.45, 7) is 0.910. The number of carbonyl (C=O) groups excluding carboxylic acids is 2. The lowest BCUT2D eigenvalue weighted by Crippen LogP contribution is -2.36. The predicted molar refractivity (Wildman–Crippen MR) is 110 cm³/mol. The van der Waals surface area contributed by atoms with Crippen LogP contribution >= 0.6 is 22.6 Å². The van der Waals surface area contributed by atoms with Crippen LogP contribution in [0.2, 0.25) is 0 Å². The highest BCUT2D eigenvalue weighted by Gasteiger charge is 2.27. The summed E-state index contributed by atoms with van der Waals surface area (Å²) in [6.07, 6.45) is 3.80. The standard InChI is InChI=1S/C20H16IN3O2/c21-13-5-8-15-16(10-13)17(20(26)24-19(15)25)11-23-14-6-3-12(4-7-14)18-2-1-9-22-18/h3-8,10-11,23H,1-2,9H2,(H,24,25,26)/b17-11-. The van der Waals surface area contributed by atoms with Crippen LogP contribution in [0.25, 0.3) is 5.57 Å². The average molecular weight is 457 g/mol. The topological polar surface area (TPSA) is 70.6 Å². The van der Waals surface area contributed by atoms with Gasteiger partial charge < -0.3 is 5.32 Å². The fraction of sp³-hybridized carbons (Fsp3) is 0.150. The van der Waals surface area contributed by atoms with Crippen molar-refractivity contribution < 1.29 is 9.59 Å². The molecule has 2 aromatic carbocycles. The first-order valence-electron chi connectivity index (χ1n) is 8.38. The minimum atomic E-state index is -0.395. The molecule has 2 heterocycles. The molecule has 5 nitrogen and oxygen atoms in total. The Kier molecular flexibility index (Phi) is 4.58. The van der Waals surface area contributed by atoms with Crippen LogP contribution in [-0.4, -0.2) is 24.1 Å². The first kappa shape index (κ1) is 17.0. The maximum atomic E-state index is 12.3. The lowest BCUT2D eigenvalue weighted by atomic mass is 9.95. The summed E-state index contributed by atoms with van der Waals surface area (Å²) in [5, 5.41) is 5.54. The molecule has 2 aliphatic rings. The van der Waals surface area contributed by atoms with Gasteiger partial charge in [0.25, 0.3) is 11.8 Å². The van der Waals surface area contributed by atoms with Crippen molar-refractivity contribution >= 4 is 51.4 Å². The third kappa shape index (κ3) is 3.29. The highest BCUT2D eigenvalue weighted by molar-refractivity contribution is 14.1. The second kappa shape index (κ2) is 7.03. The van der Waals surface area contributed by atoms with Gasteiger partial charge in [-0.05, 0) is 71.3 Å². The number of nitrogens with one attached hydrogen (secondary N) is 2. The van der Waals surface area contributed by atoms with Gasteiger partial charge in [0.2, 0.25) is 0 Å². The molecule has 2 aromatic rings. The first-order valence-corrected chi connectivity index (χ1v) is 9.46. The number of carbonyl (C=O) groups is 2. The summed E-state index contributed by atoms with van der Waals surface area (Å²) in [5.74, 6) is -0.755. The van der Waals surface area contributed by atoms with Gasteiger partial charge in [-0.2, -0.15) is 0 Å². The van der Waals surface area contributed by atoms with Crippen molar-refractivity contribution in [3.63, 3.8) is 0 Å². The first-order chi connectivity index (χ1) is 12.6. The molecule has 4 rings (SSSR count). The van der Waals surface area contributed by atoms with Crippen LogP contribution in [0.3, 0.4) is 0 Å². The van der Waals surface area contributed by atoms with E-state index >= 15 is 0 Å². The van der Waals surface area contributed by atoms with Crippen molar-refractivity contribution in [2.24, 2.45) is 4.99 Å². The van der Waals surface area contributed by atoms with Crippen molar-refractivity contribution in [2.75, 3.05) is 11.9 Å². The Morgan fingerprint density at radius 2 is 1.85 bits per heavy atom. The monoisotopic (exact) mass is 457 g/mol. The zero-order valence-corrected chi connectivity index (χ0v) is 16.0. The summed E-state index contributed by atoms with van der Waals surface area (Å²) < 4.78 is 0.969. The third-order valence-corrected chi connectivity index (χ3v) is 5.13. The summed E-state index contributed by atoms with van der Waals surface area (Å²) in [4.78, 5) is 28.8. The van der Waals surface area contributed by atoms with Crippen molar-refractivity contribution in [3.05, 3.63) is 68.9 Å². The van der Waals surface area contributed by atoms with E-state index in [-0.39, 0.29) is 5.91 Å². The molecular formula is C20H16IN3O2. The van der Waals surface area contributed by atoms with Gasteiger partial charge in [-0.3, -0.25) is 19.9 Å². The Morgan fingerprint density at radius 3 is 2.58 bits per heavy atom. The van der Waals surface area contributed by atoms with Gasteiger partial charge in [-0.15, -0.1) is 0 Å². The Balaban J connectivity index is 1.60. The van der Waals surface area contributed by atoms with Crippen LogP contribution in [0.1, 0.15) is 34.3 Å². The predicted octanol–water partition coefficient (Wildman–Crippen LogP) is 3.60. The van der Waals surface area contributed by atoms with Crippen LogP contribution < -0.4 is 10.6 Å². The van der Waals surface area contributed by atoms with Crippen molar-refractivity contribution in [3.8, 4) is 0 Å². The molecule has 130 valence electrons. The molecule has 0 atom stereocenters. The van der Waals surface area contributed by atoms with E-state index in [1.54, 1.807) is 12.3 Å². The van der Waals surface area contributed by atoms with Gasteiger partial charge in [0, 0.05) is 38.8 Å². The number of imide groups is 1. The van der Waals surface area contributed by atoms with E-state index < -0.39 is 5.91 Å². The van der Waals surface area contributed by atoms with Crippen LogP contribution in [0, 0.1) is 3.57 Å². The highest BCUT2D eigenvalue weighted by Crippen LogP contribution is 2.26. The van der Waals surface area contributed by atoms with Crippen LogP contribution in [0.15, 0.2) is 53.7 Å². The largest absolute Gasteiger partial charge is 0.361 e. The van der Waals surface area contributed by atoms with E-state index in [0.717, 1.165) is 39.9 Å². The summed E-state index contributed by atoms with van der Waals surface area (Å²) in [5.41, 5.74) is 4.77. The van der Waals surface area contributed by atoms with E-state index in [0.29, 0.717) is 16.7 Å². The number of hydrogen-bond donors (Lipinski definition) is 2. The highest BCUT2D eigenvalue weighted by atomic mass is 127. The molecule has 0 bridgehead atoms. The number of rotatable bonds is 3. The average Bonchev–Trinajstić information content (AvgIpc) is 3.16. The molecule has 6 heteroatoms. The zero-order valence-electron chi connectivity index (χ0n) is 13.9. The minimum absolute atomic E-state index is 0.361. The maximum absolute atomic E-state index is 12.3. The molecule has 2 amide bonds. The minimum Gasteiger partial charge on any atom is -0.361 e. The van der Waals surface area contributed by atoms with Crippen LogP contribution in [0.5, 0.6) is 0 Å². The maximum Gasteiger partial charge on any atom is 0.260 e. The Hall–Kier alpha value is -2.48. The normalized spacial score (nSPS) is 17.7. The molecule has 0 unspecified atom stereocenters. The molecule has 0 aliphatic carbocycles. The second-order valence-electron chi connectivity index (χ2n) is 6.18. The summed E-state index contributed by atoms with van der Waals surface area (Å²) >= 11 is 2.17. The van der Waals surface area contributed by atoms with Crippen molar-refractivity contribution in [2.45, 2.75) is 12.8 Å². The zero-order chi connectivity index (χ0) is 18.1. The van der Waals surface area contributed by atoms with Crippen molar-refractivity contribution in [1.29, 1.82) is 0 Å². The van der Waals surface area contributed by atoms with Crippen LogP contribution in [0.4, 0.5) is 5.69 Å². The van der Waals surface area contributed by atoms with Gasteiger partial charge in [0.1, 0.15) is 0 Å². The molecule has 0 spiro atoms. The Bertz CT molecular complexity index is 962. The summed E-state index contributed by atoms with van der Waals surface area (Å²) in [7, 11) is 0. The third-order valence-electron chi connectivity index (χ3n) is 4.46. The summed E-state index contributed by atoms with van der Waals surface area (Å²) in [6, 6.07) is 13.4. The number of nitrogens with zero attached hydrogens (tertiary/aromatic N) is 1. The van der Waals surface area contributed by atoms with Crippen LogP contribution in [-0.2, 0) is 4.79 Å². The number of halogens is 1. The number of fused-ring (bicyclic) bond motifs is 1. The lowest BCUT2D eigenvalue weighted by molar-refractivity contribution is -0.114. The molecule has 0 saturated heterocycles. The van der Waals surface area contributed by atoms with E-state index in [4.69, 9.17) is 0 Å². The Morgan fingerprint density at radius 1 is 1.04 bits per heavy atom. The fourth-order valence-electron chi connectivity index (χ4n) is 3.13. The van der Waals surface area contributed by atoms with Gasteiger partial charge in [0.15, 0.2) is 0 Å². The molecule has 26 heavy (non-hydrogen) atoms. The number of anilines is 1. The number of amides is 2. The molecule has 0 saturated carbocycles. The molecular weight excluding hydrogens is 441 g/mol. The van der Waals surface area contributed by atoms with E-state index in [2.05, 4.69) is 38.2 Å². The molecule has 0 fully saturated rings. The number of aliphatic imine (C=N–C) groups is 1. The van der Waals surface area contributed by atoms with Gasteiger partial charge in [-0.1, -0.05) is 12.1 Å². The van der Waals surface area contributed by atoms with Gasteiger partial charge in [-0.25, -0.2) is 0 Å². The SMILES string of the molecule is O=C1NC(=O)c2ccc(I)cc2/C1=C/Nc1ccc(C2=NCCC2)cc1. The molecule has 2 aliphatic heterocycles. The molecule has 0 radical (unpaired) electrons. The lowest BCUT2D eigenvalue weighted by Gasteiger charge is -2.18. The Labute approximate surface area is 164 Å². The number of benzene rings is 2. The molecule has 2 N–H and O–H groups in total. The fourth-order valence-corrected chi connectivity index (χ4v) is 3.62. The quantitative estimate of drug-likeness (QED) is 0.421. The molecule has 0 aromatic heterocycles. The second-order valence-corrected chi connectivity index (χ2v) is 7.43. The van der Waals surface area contributed by atoms with E-state index in [9.17, 15) is 9.59 Å². The van der Waals surface area contributed by atoms with Gasteiger partial charge in [0.05, 0.1) is 5.57 Å². The number of hydrogen-bond acceptors (Lipinski definition) is 4. The smallest absolute Gasteiger partial charge is 0.260 e. The van der Waals surface area contributed by atoms with Crippen molar-refractivity contribution in [1.82, 2.24) is 5.32 Å². The van der Waals surface area contributed by atoms with E-state index in [1.807, 2.05) is 36.4 Å². The van der Waals surface area contributed by atoms with E-state index in [1.165, 1.54) is 0 Å².